The van der Waals surface area contributed by atoms with Crippen LogP contribution in [0.2, 0.25) is 0 Å². The Kier molecular flexibility index (Phi) is 5.99. The molecular formula is C16H22N2O2S. The maximum Gasteiger partial charge on any atom is 0.239 e. The van der Waals surface area contributed by atoms with E-state index in [9.17, 15) is 9.59 Å². The summed E-state index contributed by atoms with van der Waals surface area (Å²) in [6.45, 7) is 3.17. The van der Waals surface area contributed by atoms with Crippen molar-refractivity contribution in [2.75, 3.05) is 13.1 Å². The molecule has 5 heteroatoms. The van der Waals surface area contributed by atoms with E-state index in [4.69, 9.17) is 0 Å². The second-order valence-electron chi connectivity index (χ2n) is 5.23. The zero-order chi connectivity index (χ0) is 15.1. The van der Waals surface area contributed by atoms with E-state index < -0.39 is 0 Å². The minimum Gasteiger partial charge on any atom is -0.350 e. The summed E-state index contributed by atoms with van der Waals surface area (Å²) in [7, 11) is 0. The second-order valence-corrected chi connectivity index (χ2v) is 6.27. The molecule has 1 atom stereocenters. The minimum absolute atomic E-state index is 0.0697. The highest BCUT2D eigenvalue weighted by Gasteiger charge is 2.20. The maximum absolute atomic E-state index is 12.2. The van der Waals surface area contributed by atoms with Crippen molar-refractivity contribution in [1.82, 2.24) is 10.2 Å². The average Bonchev–Trinajstić information content (AvgIpc) is 3.15. The van der Waals surface area contributed by atoms with Crippen molar-refractivity contribution in [3.05, 3.63) is 34.5 Å². The lowest BCUT2D eigenvalue weighted by atomic mass is 10.0. The molecule has 0 saturated carbocycles. The summed E-state index contributed by atoms with van der Waals surface area (Å²) in [5, 5.41) is 4.85. The molecule has 1 N–H and O–H groups in total. The van der Waals surface area contributed by atoms with Gasteiger partial charge in [0.05, 0.1) is 13.1 Å². The van der Waals surface area contributed by atoms with Crippen molar-refractivity contribution >= 4 is 23.2 Å². The molecule has 1 aromatic heterocycles. The molecule has 2 rings (SSSR count). The molecule has 0 fully saturated rings. The molecule has 21 heavy (non-hydrogen) atoms. The lowest BCUT2D eigenvalue weighted by molar-refractivity contribution is -0.136. The topological polar surface area (TPSA) is 49.4 Å². The Bertz CT molecular complexity index is 496. The van der Waals surface area contributed by atoms with Gasteiger partial charge in [-0.05, 0) is 37.1 Å². The van der Waals surface area contributed by atoms with Gasteiger partial charge in [-0.1, -0.05) is 18.2 Å². The Balaban J connectivity index is 1.76. The van der Waals surface area contributed by atoms with Crippen LogP contribution in [0, 0.1) is 5.92 Å². The fourth-order valence-electron chi connectivity index (χ4n) is 2.42. The van der Waals surface area contributed by atoms with Gasteiger partial charge in [0.2, 0.25) is 11.8 Å². The lowest BCUT2D eigenvalue weighted by Crippen LogP contribution is -2.40. The molecule has 4 nitrogen and oxygen atoms in total. The largest absolute Gasteiger partial charge is 0.350 e. The molecule has 0 bridgehead atoms. The van der Waals surface area contributed by atoms with Gasteiger partial charge >= 0.3 is 0 Å². The summed E-state index contributed by atoms with van der Waals surface area (Å²) in [6, 6.07) is 3.95. The number of carbonyl (C=O) groups excluding carboxylic acids is 2. The van der Waals surface area contributed by atoms with Gasteiger partial charge in [-0.3, -0.25) is 9.59 Å². The van der Waals surface area contributed by atoms with Crippen molar-refractivity contribution < 1.29 is 9.59 Å². The minimum atomic E-state index is -0.0967. The molecule has 0 spiro atoms. The normalized spacial score (nSPS) is 16.9. The van der Waals surface area contributed by atoms with Crippen LogP contribution >= 0.6 is 11.3 Å². The Labute approximate surface area is 129 Å². The summed E-state index contributed by atoms with van der Waals surface area (Å²) in [6.07, 6.45) is 6.87. The molecule has 0 saturated heterocycles. The van der Waals surface area contributed by atoms with Crippen LogP contribution in [-0.2, 0) is 16.1 Å². The van der Waals surface area contributed by atoms with Gasteiger partial charge in [-0.15, -0.1) is 11.3 Å². The van der Waals surface area contributed by atoms with Crippen LogP contribution < -0.4 is 5.32 Å². The van der Waals surface area contributed by atoms with Gasteiger partial charge in [-0.25, -0.2) is 0 Å². The summed E-state index contributed by atoms with van der Waals surface area (Å²) in [5.74, 6) is 0.321. The van der Waals surface area contributed by atoms with Crippen LogP contribution in [0.5, 0.6) is 0 Å². The summed E-state index contributed by atoms with van der Waals surface area (Å²) >= 11 is 1.61. The van der Waals surface area contributed by atoms with Crippen molar-refractivity contribution in [3.8, 4) is 0 Å². The highest BCUT2D eigenvalue weighted by Crippen LogP contribution is 2.21. The predicted molar refractivity (Wildman–Crippen MR) is 84.9 cm³/mol. The fourth-order valence-corrected chi connectivity index (χ4v) is 3.07. The summed E-state index contributed by atoms with van der Waals surface area (Å²) in [4.78, 5) is 26.9. The van der Waals surface area contributed by atoms with Crippen molar-refractivity contribution in [2.45, 2.75) is 32.7 Å². The van der Waals surface area contributed by atoms with Crippen LogP contribution in [0.1, 0.15) is 31.1 Å². The maximum atomic E-state index is 12.2. The molecule has 1 heterocycles. The number of rotatable bonds is 7. The lowest BCUT2D eigenvalue weighted by Gasteiger charge is -2.21. The number of hydrogen-bond donors (Lipinski definition) is 1. The number of hydrogen-bond acceptors (Lipinski definition) is 3. The van der Waals surface area contributed by atoms with Crippen molar-refractivity contribution in [2.24, 2.45) is 5.92 Å². The van der Waals surface area contributed by atoms with E-state index in [1.54, 1.807) is 16.2 Å². The number of carbonyl (C=O) groups is 2. The third kappa shape index (κ3) is 5.01. The highest BCUT2D eigenvalue weighted by molar-refractivity contribution is 7.09. The molecule has 1 aliphatic carbocycles. The molecule has 0 aliphatic heterocycles. The number of nitrogens with one attached hydrogen (secondary N) is 1. The summed E-state index contributed by atoms with van der Waals surface area (Å²) < 4.78 is 0. The van der Waals surface area contributed by atoms with E-state index in [1.807, 2.05) is 24.4 Å². The van der Waals surface area contributed by atoms with Crippen LogP contribution in [0.3, 0.4) is 0 Å². The van der Waals surface area contributed by atoms with Crippen molar-refractivity contribution in [3.63, 3.8) is 0 Å². The van der Waals surface area contributed by atoms with E-state index in [2.05, 4.69) is 17.5 Å². The van der Waals surface area contributed by atoms with E-state index >= 15 is 0 Å². The number of amides is 2. The van der Waals surface area contributed by atoms with Crippen LogP contribution in [-0.4, -0.2) is 29.8 Å². The van der Waals surface area contributed by atoms with E-state index in [-0.39, 0.29) is 18.4 Å². The van der Waals surface area contributed by atoms with Gasteiger partial charge in [0.1, 0.15) is 0 Å². The first kappa shape index (κ1) is 15.8. The van der Waals surface area contributed by atoms with E-state index in [0.717, 1.165) is 17.7 Å². The monoisotopic (exact) mass is 306 g/mol. The SMILES string of the molecule is CCN(CC(=O)NCc1cccs1)C(=O)C[C@H]1C=CCC1. The average molecular weight is 306 g/mol. The Morgan fingerprint density at radius 3 is 2.95 bits per heavy atom. The smallest absolute Gasteiger partial charge is 0.239 e. The standard InChI is InChI=1S/C16H22N2O2S/c1-2-18(16(20)10-13-6-3-4-7-13)12-15(19)17-11-14-8-5-9-21-14/h3,5-6,8-9,13H,2,4,7,10-12H2,1H3,(H,17,19)/t13-/m0/s1. The number of nitrogens with zero attached hydrogens (tertiary/aromatic N) is 1. The number of allylic oxidation sites excluding steroid dienone is 2. The summed E-state index contributed by atoms with van der Waals surface area (Å²) in [5.41, 5.74) is 0. The zero-order valence-electron chi connectivity index (χ0n) is 12.4. The predicted octanol–water partition coefficient (Wildman–Crippen LogP) is 2.57. The Hall–Kier alpha value is -1.62. The first-order valence-electron chi connectivity index (χ1n) is 7.42. The van der Waals surface area contributed by atoms with E-state index in [0.29, 0.717) is 25.4 Å². The molecule has 0 radical (unpaired) electrons. The van der Waals surface area contributed by atoms with Crippen LogP contribution in [0.15, 0.2) is 29.7 Å². The van der Waals surface area contributed by atoms with Gasteiger partial charge in [0.15, 0.2) is 0 Å². The molecule has 0 unspecified atom stereocenters. The molecule has 1 aliphatic rings. The number of likely N-dealkylation sites (N-methyl/N-ethyl adjacent to an activating group) is 1. The molecule has 0 aromatic carbocycles. The molecule has 114 valence electrons. The first-order valence-corrected chi connectivity index (χ1v) is 8.30. The Morgan fingerprint density at radius 1 is 1.48 bits per heavy atom. The Morgan fingerprint density at radius 2 is 2.33 bits per heavy atom. The molecule has 1 aromatic rings. The van der Waals surface area contributed by atoms with Gasteiger partial charge in [-0.2, -0.15) is 0 Å². The molecular weight excluding hydrogens is 284 g/mol. The van der Waals surface area contributed by atoms with E-state index in [1.165, 1.54) is 0 Å². The zero-order valence-corrected chi connectivity index (χ0v) is 13.2. The highest BCUT2D eigenvalue weighted by atomic mass is 32.1. The second kappa shape index (κ2) is 7.98. The fraction of sp³-hybridized carbons (Fsp3) is 0.500. The number of thiophene rings is 1. The van der Waals surface area contributed by atoms with Gasteiger partial charge in [0.25, 0.3) is 0 Å². The third-order valence-corrected chi connectivity index (χ3v) is 4.53. The van der Waals surface area contributed by atoms with Crippen LogP contribution in [0.4, 0.5) is 0 Å². The van der Waals surface area contributed by atoms with Gasteiger partial charge < -0.3 is 10.2 Å². The first-order chi connectivity index (χ1) is 10.2. The van der Waals surface area contributed by atoms with Crippen molar-refractivity contribution in [1.29, 1.82) is 0 Å². The molecule has 2 amide bonds. The van der Waals surface area contributed by atoms with Gasteiger partial charge in [0, 0.05) is 17.8 Å². The third-order valence-electron chi connectivity index (χ3n) is 3.66. The quantitative estimate of drug-likeness (QED) is 0.787. The van der Waals surface area contributed by atoms with Crippen LogP contribution in [0.25, 0.3) is 0 Å².